The van der Waals surface area contributed by atoms with E-state index in [9.17, 15) is 4.79 Å². The monoisotopic (exact) mass is 363 g/mol. The van der Waals surface area contributed by atoms with Gasteiger partial charge in [0.15, 0.2) is 5.25 Å². The molecule has 1 unspecified atom stereocenters. The van der Waals surface area contributed by atoms with Gasteiger partial charge in [0.1, 0.15) is 11.5 Å². The van der Waals surface area contributed by atoms with Crippen molar-refractivity contribution < 1.29 is 9.53 Å². The zero-order valence-corrected chi connectivity index (χ0v) is 17.8. The molecule has 1 aromatic rings. The normalized spacial score (nSPS) is 17.5. The zero-order valence-electron chi connectivity index (χ0n) is 17.0. The number of Topliss-reactive ketones (excluding diaryl/α,β-unsaturated/α-hetero) is 1. The van der Waals surface area contributed by atoms with E-state index in [0.717, 1.165) is 30.3 Å². The SMILES string of the molecule is Cc1c(C(C)C)cc(C(=O)C(C(C)C)[S+]2CCOCC2)cc1C(C)C. The number of benzene rings is 1. The number of hydrogen-bond donors (Lipinski definition) is 0. The third-order valence-electron chi connectivity index (χ3n) is 5.22. The summed E-state index contributed by atoms with van der Waals surface area (Å²) >= 11 is 0. The first-order valence-electron chi connectivity index (χ1n) is 9.66. The lowest BCUT2D eigenvalue weighted by Gasteiger charge is -2.25. The summed E-state index contributed by atoms with van der Waals surface area (Å²) in [6.45, 7) is 17.1. The maximum atomic E-state index is 13.5. The van der Waals surface area contributed by atoms with Crippen molar-refractivity contribution in [3.63, 3.8) is 0 Å². The Morgan fingerprint density at radius 1 is 0.960 bits per heavy atom. The van der Waals surface area contributed by atoms with Crippen molar-refractivity contribution in [3.05, 3.63) is 34.4 Å². The minimum Gasteiger partial charge on any atom is -0.372 e. The van der Waals surface area contributed by atoms with Crippen LogP contribution in [0, 0.1) is 12.8 Å². The molecule has 1 aromatic carbocycles. The van der Waals surface area contributed by atoms with Crippen LogP contribution in [0.1, 0.15) is 80.4 Å². The van der Waals surface area contributed by atoms with Gasteiger partial charge in [0, 0.05) is 22.4 Å². The highest BCUT2D eigenvalue weighted by Crippen LogP contribution is 2.31. The predicted molar refractivity (Wildman–Crippen MR) is 110 cm³/mol. The van der Waals surface area contributed by atoms with E-state index in [0.29, 0.717) is 23.5 Å². The first-order chi connectivity index (χ1) is 11.7. The summed E-state index contributed by atoms with van der Waals surface area (Å²) in [5.74, 6) is 3.68. The number of ketones is 1. The minimum absolute atomic E-state index is 0.131. The Morgan fingerprint density at radius 2 is 1.44 bits per heavy atom. The summed E-state index contributed by atoms with van der Waals surface area (Å²) in [6.07, 6.45) is 0. The van der Waals surface area contributed by atoms with Crippen LogP contribution in [0.4, 0.5) is 0 Å². The summed E-state index contributed by atoms with van der Waals surface area (Å²) in [6, 6.07) is 4.35. The molecular weight excluding hydrogens is 328 g/mol. The van der Waals surface area contributed by atoms with Crippen molar-refractivity contribution in [2.45, 2.75) is 65.6 Å². The van der Waals surface area contributed by atoms with Crippen molar-refractivity contribution in [1.29, 1.82) is 0 Å². The third-order valence-corrected chi connectivity index (χ3v) is 8.08. The molecule has 0 bridgehead atoms. The molecule has 1 atom stereocenters. The van der Waals surface area contributed by atoms with Crippen molar-refractivity contribution in [3.8, 4) is 0 Å². The highest BCUT2D eigenvalue weighted by atomic mass is 32.2. The second-order valence-corrected chi connectivity index (χ2v) is 10.6. The smallest absolute Gasteiger partial charge is 0.215 e. The lowest BCUT2D eigenvalue weighted by atomic mass is 9.86. The molecule has 3 heteroatoms. The van der Waals surface area contributed by atoms with Gasteiger partial charge < -0.3 is 4.74 Å². The summed E-state index contributed by atoms with van der Waals surface area (Å²) in [5, 5.41) is 0.131. The fraction of sp³-hybridized carbons (Fsp3) is 0.682. The van der Waals surface area contributed by atoms with Gasteiger partial charge in [-0.15, -0.1) is 0 Å². The highest BCUT2D eigenvalue weighted by molar-refractivity contribution is 7.98. The van der Waals surface area contributed by atoms with Crippen molar-refractivity contribution in [2.24, 2.45) is 5.92 Å². The molecule has 140 valence electrons. The highest BCUT2D eigenvalue weighted by Gasteiger charge is 2.41. The molecule has 0 radical (unpaired) electrons. The predicted octanol–water partition coefficient (Wildman–Crippen LogP) is 5.10. The summed E-state index contributed by atoms with van der Waals surface area (Å²) in [5.41, 5.74) is 4.94. The van der Waals surface area contributed by atoms with Crippen LogP contribution in [-0.4, -0.2) is 35.8 Å². The molecular formula is C22H35O2S+. The van der Waals surface area contributed by atoms with Crippen LogP contribution in [0.15, 0.2) is 12.1 Å². The van der Waals surface area contributed by atoms with Crippen LogP contribution in [0.5, 0.6) is 0 Å². The number of hydrogen-bond acceptors (Lipinski definition) is 2. The van der Waals surface area contributed by atoms with Crippen LogP contribution in [0.3, 0.4) is 0 Å². The lowest BCUT2D eigenvalue weighted by molar-refractivity contribution is 0.0972. The average molecular weight is 364 g/mol. The molecule has 0 spiro atoms. The number of carbonyl (C=O) groups excluding carboxylic acids is 1. The van der Waals surface area contributed by atoms with Gasteiger partial charge in [0.05, 0.1) is 13.2 Å². The Balaban J connectivity index is 2.45. The average Bonchev–Trinajstić information content (AvgIpc) is 2.55. The Kier molecular flexibility index (Phi) is 7.16. The minimum atomic E-state index is 0.131. The van der Waals surface area contributed by atoms with Crippen molar-refractivity contribution >= 4 is 16.7 Å². The number of carbonyl (C=O) groups is 1. The Morgan fingerprint density at radius 3 is 1.84 bits per heavy atom. The molecule has 2 nitrogen and oxygen atoms in total. The van der Waals surface area contributed by atoms with Gasteiger partial charge in [0.25, 0.3) is 0 Å². The molecule has 1 fully saturated rings. The third kappa shape index (κ3) is 4.68. The van der Waals surface area contributed by atoms with Gasteiger partial charge in [0.2, 0.25) is 5.78 Å². The lowest BCUT2D eigenvalue weighted by Crippen LogP contribution is -2.43. The summed E-state index contributed by atoms with van der Waals surface area (Å²) in [7, 11) is 0.142. The maximum Gasteiger partial charge on any atom is 0.215 e. The fourth-order valence-corrected chi connectivity index (χ4v) is 6.48. The van der Waals surface area contributed by atoms with Crippen LogP contribution in [0.25, 0.3) is 0 Å². The van der Waals surface area contributed by atoms with Gasteiger partial charge in [-0.1, -0.05) is 41.5 Å². The first-order valence-corrected chi connectivity index (χ1v) is 11.3. The van der Waals surface area contributed by atoms with Crippen LogP contribution >= 0.6 is 0 Å². The van der Waals surface area contributed by atoms with E-state index >= 15 is 0 Å². The van der Waals surface area contributed by atoms with E-state index in [2.05, 4.69) is 60.6 Å². The zero-order chi connectivity index (χ0) is 18.7. The molecule has 0 N–H and O–H groups in total. The number of rotatable bonds is 6. The van der Waals surface area contributed by atoms with Crippen molar-refractivity contribution in [1.82, 2.24) is 0 Å². The summed E-state index contributed by atoms with van der Waals surface area (Å²) in [4.78, 5) is 13.5. The molecule has 0 amide bonds. The summed E-state index contributed by atoms with van der Waals surface area (Å²) < 4.78 is 5.53. The van der Waals surface area contributed by atoms with Gasteiger partial charge in [-0.05, 0) is 47.6 Å². The molecule has 1 aliphatic rings. The molecule has 0 saturated carbocycles. The largest absolute Gasteiger partial charge is 0.372 e. The maximum absolute atomic E-state index is 13.5. The Bertz CT molecular complexity index is 569. The van der Waals surface area contributed by atoms with E-state index < -0.39 is 0 Å². The van der Waals surface area contributed by atoms with Crippen molar-refractivity contribution in [2.75, 3.05) is 24.7 Å². The standard InChI is InChI=1S/C22H35O2S/c1-14(2)19-12-18(13-20(15(3)4)17(19)7)21(23)22(16(5)6)25-10-8-24-9-11-25/h12-16,22H,8-11H2,1-7H3/q+1. The Labute approximate surface area is 157 Å². The van der Waals surface area contributed by atoms with Crippen LogP contribution < -0.4 is 0 Å². The molecule has 25 heavy (non-hydrogen) atoms. The molecule has 1 saturated heterocycles. The molecule has 1 aliphatic heterocycles. The van der Waals surface area contributed by atoms with Gasteiger partial charge in [-0.2, -0.15) is 0 Å². The quantitative estimate of drug-likeness (QED) is 0.519. The molecule has 0 aromatic heterocycles. The second-order valence-electron chi connectivity index (χ2n) is 8.18. The number of ether oxygens (including phenoxy) is 1. The van der Waals surface area contributed by atoms with E-state index in [4.69, 9.17) is 4.74 Å². The van der Waals surface area contributed by atoms with Gasteiger partial charge in [-0.3, -0.25) is 4.79 Å². The molecule has 0 aliphatic carbocycles. The molecule has 2 rings (SSSR count). The van der Waals surface area contributed by atoms with E-state index in [1.54, 1.807) is 0 Å². The van der Waals surface area contributed by atoms with E-state index in [1.165, 1.54) is 16.7 Å². The van der Waals surface area contributed by atoms with Crippen LogP contribution in [0.2, 0.25) is 0 Å². The first kappa shape index (κ1) is 20.5. The van der Waals surface area contributed by atoms with E-state index in [1.807, 2.05) is 0 Å². The Hall–Kier alpha value is -0.800. The fourth-order valence-electron chi connectivity index (χ4n) is 3.89. The second kappa shape index (κ2) is 8.73. The van der Waals surface area contributed by atoms with Gasteiger partial charge >= 0.3 is 0 Å². The van der Waals surface area contributed by atoms with E-state index in [-0.39, 0.29) is 16.1 Å². The van der Waals surface area contributed by atoms with Crippen LogP contribution in [-0.2, 0) is 15.6 Å². The topological polar surface area (TPSA) is 26.3 Å². The molecule has 1 heterocycles. The van der Waals surface area contributed by atoms with Gasteiger partial charge in [-0.25, -0.2) is 0 Å².